The van der Waals surface area contributed by atoms with Gasteiger partial charge in [-0.05, 0) is 52.2 Å². The number of anilines is 1. The summed E-state index contributed by atoms with van der Waals surface area (Å²) in [7, 11) is 6.44. The number of nitrogens with zero attached hydrogens (tertiary/aromatic N) is 2. The summed E-state index contributed by atoms with van der Waals surface area (Å²) in [6.45, 7) is 7.61. The first-order valence-corrected chi connectivity index (χ1v) is 7.24. The van der Waals surface area contributed by atoms with E-state index in [4.69, 9.17) is 0 Å². The Hall–Kier alpha value is -1.06. The molecule has 1 unspecified atom stereocenters. The lowest BCUT2D eigenvalue weighted by molar-refractivity contribution is 0.401. The quantitative estimate of drug-likeness (QED) is 0.778. The maximum atomic E-state index is 3.50. The molecule has 3 heteroatoms. The van der Waals surface area contributed by atoms with Gasteiger partial charge < -0.3 is 15.1 Å². The monoisotopic (exact) mass is 263 g/mol. The van der Waals surface area contributed by atoms with Crippen molar-refractivity contribution in [2.24, 2.45) is 0 Å². The molecule has 0 aromatic heterocycles. The second kappa shape index (κ2) is 8.18. The summed E-state index contributed by atoms with van der Waals surface area (Å²) < 4.78 is 0. The molecule has 0 aliphatic carbocycles. The van der Waals surface area contributed by atoms with Gasteiger partial charge in [-0.1, -0.05) is 25.1 Å². The van der Waals surface area contributed by atoms with Gasteiger partial charge in [0.25, 0.3) is 0 Å². The highest BCUT2D eigenvalue weighted by molar-refractivity contribution is 5.54. The van der Waals surface area contributed by atoms with Gasteiger partial charge in [-0.15, -0.1) is 0 Å². The second-order valence-corrected chi connectivity index (χ2v) is 5.42. The van der Waals surface area contributed by atoms with Gasteiger partial charge in [0.05, 0.1) is 0 Å². The lowest BCUT2D eigenvalue weighted by Gasteiger charge is -2.26. The zero-order chi connectivity index (χ0) is 14.3. The van der Waals surface area contributed by atoms with E-state index in [2.05, 4.69) is 74.4 Å². The lowest BCUT2D eigenvalue weighted by atomic mass is 10.1. The number of hydrogen-bond acceptors (Lipinski definition) is 3. The van der Waals surface area contributed by atoms with Crippen LogP contribution in [0.15, 0.2) is 24.3 Å². The van der Waals surface area contributed by atoms with Gasteiger partial charge in [0.2, 0.25) is 0 Å². The molecule has 1 aromatic rings. The molecule has 0 fully saturated rings. The van der Waals surface area contributed by atoms with Gasteiger partial charge in [-0.2, -0.15) is 0 Å². The van der Waals surface area contributed by atoms with Crippen LogP contribution in [0.3, 0.4) is 0 Å². The summed E-state index contributed by atoms with van der Waals surface area (Å²) in [6, 6.07) is 9.10. The van der Waals surface area contributed by atoms with Crippen molar-refractivity contribution in [1.29, 1.82) is 0 Å². The van der Waals surface area contributed by atoms with Crippen molar-refractivity contribution >= 4 is 5.69 Å². The summed E-state index contributed by atoms with van der Waals surface area (Å²) in [5, 5.41) is 3.50. The molecule has 19 heavy (non-hydrogen) atoms. The van der Waals surface area contributed by atoms with E-state index in [1.165, 1.54) is 17.7 Å². The third-order valence-corrected chi connectivity index (χ3v) is 3.42. The van der Waals surface area contributed by atoms with Crippen LogP contribution in [0.5, 0.6) is 0 Å². The summed E-state index contributed by atoms with van der Waals surface area (Å²) in [4.78, 5) is 4.60. The predicted molar refractivity (Wildman–Crippen MR) is 85.0 cm³/mol. The first kappa shape index (κ1) is 16.0. The van der Waals surface area contributed by atoms with E-state index in [0.29, 0.717) is 6.04 Å². The highest BCUT2D eigenvalue weighted by atomic mass is 15.1. The smallest absolute Gasteiger partial charge is 0.0412 e. The number of nitrogens with one attached hydrogen (secondary N) is 1. The highest BCUT2D eigenvalue weighted by Crippen LogP contribution is 2.25. The van der Waals surface area contributed by atoms with Crippen molar-refractivity contribution in [3.8, 4) is 0 Å². The fourth-order valence-corrected chi connectivity index (χ4v) is 2.36. The molecular weight excluding hydrogens is 234 g/mol. The van der Waals surface area contributed by atoms with Crippen molar-refractivity contribution in [3.63, 3.8) is 0 Å². The maximum Gasteiger partial charge on any atom is 0.0412 e. The van der Waals surface area contributed by atoms with E-state index in [0.717, 1.165) is 19.6 Å². The summed E-state index contributed by atoms with van der Waals surface area (Å²) in [5.74, 6) is 0. The predicted octanol–water partition coefficient (Wildman–Crippen LogP) is 2.75. The first-order valence-electron chi connectivity index (χ1n) is 7.24. The number of hydrogen-bond donors (Lipinski definition) is 1. The Balaban J connectivity index is 2.70. The minimum Gasteiger partial charge on any atom is -0.374 e. The maximum absolute atomic E-state index is 3.50. The molecule has 0 heterocycles. The van der Waals surface area contributed by atoms with Crippen LogP contribution in [0.25, 0.3) is 0 Å². The largest absolute Gasteiger partial charge is 0.374 e. The zero-order valence-corrected chi connectivity index (χ0v) is 13.1. The third kappa shape index (κ3) is 5.21. The Morgan fingerprint density at radius 3 is 2.42 bits per heavy atom. The summed E-state index contributed by atoms with van der Waals surface area (Å²) in [5.41, 5.74) is 2.73. The van der Waals surface area contributed by atoms with E-state index in [9.17, 15) is 0 Å². The first-order chi connectivity index (χ1) is 9.06. The Kier molecular flexibility index (Phi) is 6.89. The van der Waals surface area contributed by atoms with Crippen LogP contribution in [0.4, 0.5) is 5.69 Å². The average Bonchev–Trinajstić information content (AvgIpc) is 2.38. The van der Waals surface area contributed by atoms with Gasteiger partial charge in [0.1, 0.15) is 0 Å². The Morgan fingerprint density at radius 1 is 1.11 bits per heavy atom. The topological polar surface area (TPSA) is 18.5 Å². The van der Waals surface area contributed by atoms with Crippen LogP contribution in [0.1, 0.15) is 31.9 Å². The van der Waals surface area contributed by atoms with E-state index in [-0.39, 0.29) is 0 Å². The molecule has 0 bridgehead atoms. The number of benzene rings is 1. The lowest BCUT2D eigenvalue weighted by Crippen LogP contribution is -2.26. The van der Waals surface area contributed by atoms with E-state index in [1.54, 1.807) is 0 Å². The van der Waals surface area contributed by atoms with Crippen LogP contribution >= 0.6 is 0 Å². The molecule has 0 spiro atoms. The van der Waals surface area contributed by atoms with Crippen LogP contribution in [-0.4, -0.2) is 45.7 Å². The average molecular weight is 263 g/mol. The normalized spacial score (nSPS) is 12.7. The molecule has 0 saturated carbocycles. The van der Waals surface area contributed by atoms with Crippen molar-refractivity contribution in [3.05, 3.63) is 29.8 Å². The van der Waals surface area contributed by atoms with Gasteiger partial charge in [-0.3, -0.25) is 0 Å². The molecule has 1 aromatic carbocycles. The van der Waals surface area contributed by atoms with E-state index in [1.807, 2.05) is 0 Å². The SMILES string of the molecule is CCNC(C)c1ccccc1N(C)CCCN(C)C. The van der Waals surface area contributed by atoms with Crippen LogP contribution in [-0.2, 0) is 0 Å². The minimum atomic E-state index is 0.400. The molecule has 1 atom stereocenters. The molecule has 0 aliphatic heterocycles. The van der Waals surface area contributed by atoms with E-state index < -0.39 is 0 Å². The molecule has 1 rings (SSSR count). The Bertz CT molecular complexity index is 363. The second-order valence-electron chi connectivity index (χ2n) is 5.42. The van der Waals surface area contributed by atoms with Crippen molar-refractivity contribution < 1.29 is 0 Å². The highest BCUT2D eigenvalue weighted by Gasteiger charge is 2.11. The van der Waals surface area contributed by atoms with Crippen molar-refractivity contribution in [1.82, 2.24) is 10.2 Å². The Morgan fingerprint density at radius 2 is 1.79 bits per heavy atom. The molecule has 0 aliphatic rings. The van der Waals surface area contributed by atoms with Crippen LogP contribution in [0.2, 0.25) is 0 Å². The van der Waals surface area contributed by atoms with Gasteiger partial charge in [-0.25, -0.2) is 0 Å². The Labute approximate surface area is 118 Å². The van der Waals surface area contributed by atoms with Gasteiger partial charge in [0, 0.05) is 25.3 Å². The van der Waals surface area contributed by atoms with Gasteiger partial charge >= 0.3 is 0 Å². The molecular formula is C16H29N3. The summed E-state index contributed by atoms with van der Waals surface area (Å²) in [6.07, 6.45) is 1.19. The zero-order valence-electron chi connectivity index (χ0n) is 13.1. The minimum absolute atomic E-state index is 0.400. The third-order valence-electron chi connectivity index (χ3n) is 3.42. The molecule has 0 radical (unpaired) electrons. The fraction of sp³-hybridized carbons (Fsp3) is 0.625. The van der Waals surface area contributed by atoms with E-state index >= 15 is 0 Å². The van der Waals surface area contributed by atoms with Crippen molar-refractivity contribution in [2.75, 3.05) is 45.7 Å². The number of rotatable bonds is 8. The van der Waals surface area contributed by atoms with Crippen LogP contribution < -0.4 is 10.2 Å². The number of para-hydroxylation sites is 1. The van der Waals surface area contributed by atoms with Crippen LogP contribution in [0, 0.1) is 0 Å². The summed E-state index contributed by atoms with van der Waals surface area (Å²) >= 11 is 0. The van der Waals surface area contributed by atoms with Crippen molar-refractivity contribution in [2.45, 2.75) is 26.3 Å². The molecule has 0 amide bonds. The molecule has 3 nitrogen and oxygen atoms in total. The molecule has 1 N–H and O–H groups in total. The van der Waals surface area contributed by atoms with Gasteiger partial charge in [0.15, 0.2) is 0 Å². The standard InChI is InChI=1S/C16H29N3/c1-6-17-14(2)15-10-7-8-11-16(15)19(5)13-9-12-18(3)4/h7-8,10-11,14,17H,6,9,12-13H2,1-5H3. The fourth-order valence-electron chi connectivity index (χ4n) is 2.36. The molecule has 0 saturated heterocycles. The molecule has 108 valence electrons.